The van der Waals surface area contributed by atoms with Crippen LogP contribution in [0.1, 0.15) is 60.9 Å². The number of ether oxygens (including phenoxy) is 2. The van der Waals surface area contributed by atoms with E-state index in [2.05, 4.69) is 40.1 Å². The van der Waals surface area contributed by atoms with E-state index in [4.69, 9.17) is 14.5 Å². The lowest BCUT2D eigenvalue weighted by molar-refractivity contribution is -0.144. The summed E-state index contributed by atoms with van der Waals surface area (Å²) in [7, 11) is 1.56. The van der Waals surface area contributed by atoms with Crippen molar-refractivity contribution in [3.63, 3.8) is 0 Å². The maximum atomic E-state index is 12.1. The van der Waals surface area contributed by atoms with Crippen LogP contribution in [0.3, 0.4) is 0 Å². The maximum Gasteiger partial charge on any atom is 0.303 e. The minimum Gasteiger partial charge on any atom is -0.481 e. The molecule has 0 fully saturated rings. The van der Waals surface area contributed by atoms with Gasteiger partial charge >= 0.3 is 5.97 Å². The average molecular weight is 501 g/mol. The van der Waals surface area contributed by atoms with Crippen molar-refractivity contribution in [1.82, 2.24) is 19.1 Å². The number of pyridine rings is 2. The van der Waals surface area contributed by atoms with Gasteiger partial charge in [0.2, 0.25) is 5.88 Å². The van der Waals surface area contributed by atoms with Crippen molar-refractivity contribution in [2.75, 3.05) is 7.11 Å². The number of allylic oxidation sites excluding steroid dienone is 2. The Bertz CT molecular complexity index is 1350. The van der Waals surface area contributed by atoms with Crippen LogP contribution in [-0.4, -0.2) is 32.2 Å². The number of rotatable bonds is 6. The van der Waals surface area contributed by atoms with Gasteiger partial charge in [0.25, 0.3) is 0 Å². The lowest BCUT2D eigenvalue weighted by Crippen LogP contribution is -2.17. The van der Waals surface area contributed by atoms with Gasteiger partial charge in [-0.3, -0.25) is 4.79 Å². The van der Waals surface area contributed by atoms with E-state index in [0.717, 1.165) is 34.2 Å². The van der Waals surface area contributed by atoms with Gasteiger partial charge in [0, 0.05) is 41.3 Å². The highest BCUT2D eigenvalue weighted by atomic mass is 16.5. The molecule has 194 valence electrons. The van der Waals surface area contributed by atoms with Crippen molar-refractivity contribution in [3.8, 4) is 17.5 Å². The summed E-state index contributed by atoms with van der Waals surface area (Å²) < 4.78 is 15.3. The molecule has 0 saturated heterocycles. The number of hydrogen-bond acceptors (Lipinski definition) is 5. The second-order valence-corrected chi connectivity index (χ2v) is 8.75. The lowest BCUT2D eigenvalue weighted by Gasteiger charge is -2.23. The number of carbonyl (C=O) groups is 1. The molecule has 0 aromatic carbocycles. The van der Waals surface area contributed by atoms with E-state index < -0.39 is 12.1 Å². The Kier molecular flexibility index (Phi) is 9.06. The molecule has 0 bridgehead atoms. The summed E-state index contributed by atoms with van der Waals surface area (Å²) in [6.45, 7) is 13.6. The number of carbonyl (C=O) groups excluding carboxylic acids is 1. The minimum absolute atomic E-state index is 0.405. The molecule has 37 heavy (non-hydrogen) atoms. The molecule has 0 spiro atoms. The fraction of sp³-hybridized carbons (Fsp3) is 0.300. The first-order chi connectivity index (χ1) is 17.7. The summed E-state index contributed by atoms with van der Waals surface area (Å²) in [5.74, 6) is 1.53. The minimum atomic E-state index is -0.748. The molecule has 0 amide bonds. The summed E-state index contributed by atoms with van der Waals surface area (Å²) in [4.78, 5) is 21.7. The number of nitrogens with zero attached hydrogens (tertiary/aromatic N) is 4. The molecule has 4 aromatic rings. The summed E-state index contributed by atoms with van der Waals surface area (Å²) in [5.41, 5.74) is 5.53. The maximum absolute atomic E-state index is 12.1. The Balaban J connectivity index is 0.000000886. The fourth-order valence-electron chi connectivity index (χ4n) is 4.13. The van der Waals surface area contributed by atoms with Crippen molar-refractivity contribution in [3.05, 3.63) is 101 Å². The van der Waals surface area contributed by atoms with E-state index in [1.807, 2.05) is 76.2 Å². The number of aryl methyl sites for hydroxylation is 4. The van der Waals surface area contributed by atoms with Gasteiger partial charge in [0.15, 0.2) is 6.10 Å². The van der Waals surface area contributed by atoms with E-state index in [1.54, 1.807) is 13.2 Å². The molecule has 0 radical (unpaired) electrons. The van der Waals surface area contributed by atoms with E-state index in [1.165, 1.54) is 6.92 Å². The smallest absolute Gasteiger partial charge is 0.303 e. The Morgan fingerprint density at radius 1 is 0.811 bits per heavy atom. The molecule has 7 heteroatoms. The zero-order chi connectivity index (χ0) is 27.1. The second kappa shape index (κ2) is 12.2. The van der Waals surface area contributed by atoms with Crippen molar-refractivity contribution in [1.29, 1.82) is 0 Å². The molecule has 4 aromatic heterocycles. The monoisotopic (exact) mass is 500 g/mol. The van der Waals surface area contributed by atoms with Crippen LogP contribution < -0.4 is 4.74 Å². The first-order valence-corrected chi connectivity index (χ1v) is 12.3. The molecule has 0 saturated carbocycles. The first kappa shape index (κ1) is 27.5. The molecule has 7 nitrogen and oxygen atoms in total. The molecule has 4 heterocycles. The van der Waals surface area contributed by atoms with Crippen LogP contribution in [0.4, 0.5) is 0 Å². The SMILES string of the molecule is C/C=C/C.COc1cccc(C(OC(C)=O)c2ccc(-n3c(C)ccc3C)nc2-n2c(C)ccc2C)n1. The summed E-state index contributed by atoms with van der Waals surface area (Å²) in [6, 6.07) is 17.6. The number of methoxy groups -OCH3 is 1. The van der Waals surface area contributed by atoms with Crippen molar-refractivity contribution >= 4 is 5.97 Å². The molecular weight excluding hydrogens is 464 g/mol. The Labute approximate surface area is 219 Å². The highest BCUT2D eigenvalue weighted by Gasteiger charge is 2.26. The van der Waals surface area contributed by atoms with Crippen molar-refractivity contribution < 1.29 is 14.3 Å². The molecule has 1 atom stereocenters. The van der Waals surface area contributed by atoms with Crippen LogP contribution in [-0.2, 0) is 9.53 Å². The Morgan fingerprint density at radius 2 is 1.38 bits per heavy atom. The van der Waals surface area contributed by atoms with Gasteiger partial charge in [-0.05, 0) is 84.0 Å². The predicted octanol–water partition coefficient (Wildman–Crippen LogP) is 6.54. The highest BCUT2D eigenvalue weighted by Crippen LogP contribution is 2.32. The molecule has 0 aliphatic heterocycles. The van der Waals surface area contributed by atoms with Crippen LogP contribution in [0, 0.1) is 27.7 Å². The zero-order valence-electron chi connectivity index (χ0n) is 22.9. The molecule has 0 aliphatic carbocycles. The van der Waals surface area contributed by atoms with Crippen LogP contribution >= 0.6 is 0 Å². The standard InChI is InChI=1S/C26H28N4O3.C4H8/c1-16-10-11-17(2)29(16)23-15-14-21(26(28-23)30-18(3)12-13-19(30)4)25(33-20(5)31)22-8-7-9-24(27-22)32-6;1-3-4-2/h7-15,25H,1-6H3;3-4H,1-2H3/b;4-3+. The quantitative estimate of drug-likeness (QED) is 0.222. The van der Waals surface area contributed by atoms with Crippen molar-refractivity contribution in [2.24, 2.45) is 0 Å². The van der Waals surface area contributed by atoms with E-state index in [0.29, 0.717) is 17.4 Å². The van der Waals surface area contributed by atoms with Gasteiger partial charge in [-0.1, -0.05) is 18.2 Å². The van der Waals surface area contributed by atoms with Gasteiger partial charge in [-0.25, -0.2) is 9.97 Å². The molecule has 0 aliphatic rings. The highest BCUT2D eigenvalue weighted by molar-refractivity contribution is 5.67. The van der Waals surface area contributed by atoms with Crippen LogP contribution in [0.15, 0.2) is 66.7 Å². The summed E-state index contributed by atoms with van der Waals surface area (Å²) >= 11 is 0. The molecule has 4 rings (SSSR count). The topological polar surface area (TPSA) is 71.2 Å². The fourth-order valence-corrected chi connectivity index (χ4v) is 4.13. The van der Waals surface area contributed by atoms with Crippen LogP contribution in [0.5, 0.6) is 5.88 Å². The third kappa shape index (κ3) is 6.17. The number of aromatic nitrogens is 4. The normalized spacial score (nSPS) is 11.7. The third-order valence-electron chi connectivity index (χ3n) is 6.00. The van der Waals surface area contributed by atoms with E-state index in [9.17, 15) is 4.79 Å². The summed E-state index contributed by atoms with van der Waals surface area (Å²) in [6.07, 6.45) is 3.25. The predicted molar refractivity (Wildman–Crippen MR) is 147 cm³/mol. The summed E-state index contributed by atoms with van der Waals surface area (Å²) in [5, 5.41) is 0. The molecule has 1 unspecified atom stereocenters. The average Bonchev–Trinajstić information content (AvgIpc) is 3.41. The van der Waals surface area contributed by atoms with Crippen LogP contribution in [0.25, 0.3) is 11.6 Å². The number of hydrogen-bond donors (Lipinski definition) is 0. The van der Waals surface area contributed by atoms with Gasteiger partial charge in [-0.15, -0.1) is 0 Å². The van der Waals surface area contributed by atoms with E-state index >= 15 is 0 Å². The second-order valence-electron chi connectivity index (χ2n) is 8.75. The number of esters is 1. The van der Waals surface area contributed by atoms with Gasteiger partial charge in [-0.2, -0.15) is 0 Å². The molecule has 0 N–H and O–H groups in total. The largest absolute Gasteiger partial charge is 0.481 e. The Hall–Kier alpha value is -4.13. The van der Waals surface area contributed by atoms with Crippen molar-refractivity contribution in [2.45, 2.75) is 54.6 Å². The first-order valence-electron chi connectivity index (χ1n) is 12.3. The van der Waals surface area contributed by atoms with Gasteiger partial charge in [0.05, 0.1) is 12.8 Å². The Morgan fingerprint density at radius 3 is 1.89 bits per heavy atom. The lowest BCUT2D eigenvalue weighted by atomic mass is 10.1. The van der Waals surface area contributed by atoms with E-state index in [-0.39, 0.29) is 0 Å². The zero-order valence-corrected chi connectivity index (χ0v) is 22.9. The van der Waals surface area contributed by atoms with Gasteiger partial charge < -0.3 is 18.6 Å². The van der Waals surface area contributed by atoms with Gasteiger partial charge in [0.1, 0.15) is 11.6 Å². The van der Waals surface area contributed by atoms with Crippen LogP contribution in [0.2, 0.25) is 0 Å². The third-order valence-corrected chi connectivity index (χ3v) is 6.00. The molecular formula is C30H36N4O3.